The average molecular weight is 242 g/mol. The van der Waals surface area contributed by atoms with Crippen LogP contribution < -0.4 is 0 Å². The summed E-state index contributed by atoms with van der Waals surface area (Å²) in [5, 5.41) is 8.54. The molecule has 17 heavy (non-hydrogen) atoms. The Morgan fingerprint density at radius 1 is 1.18 bits per heavy atom. The van der Waals surface area contributed by atoms with Crippen molar-refractivity contribution < 1.29 is 14.7 Å². The predicted molar refractivity (Wildman–Crippen MR) is 64.9 cm³/mol. The lowest BCUT2D eigenvalue weighted by Crippen LogP contribution is -2.42. The maximum atomic E-state index is 12.0. The largest absolute Gasteiger partial charge is 0.481 e. The van der Waals surface area contributed by atoms with E-state index in [1.54, 1.807) is 11.9 Å². The normalized spacial score (nSPS) is 16.4. The van der Waals surface area contributed by atoms with Crippen LogP contribution in [0.5, 0.6) is 0 Å². The van der Waals surface area contributed by atoms with E-state index in [-0.39, 0.29) is 12.5 Å². The van der Waals surface area contributed by atoms with Crippen molar-refractivity contribution in [2.45, 2.75) is 38.5 Å². The number of carbonyl (C=O) groups is 2. The van der Waals surface area contributed by atoms with E-state index in [4.69, 9.17) is 5.11 Å². The number of urea groups is 1. The number of amides is 2. The highest BCUT2D eigenvalue weighted by atomic mass is 16.4. The summed E-state index contributed by atoms with van der Waals surface area (Å²) < 4.78 is 0. The second-order valence-corrected chi connectivity index (χ2v) is 4.60. The van der Waals surface area contributed by atoms with Gasteiger partial charge in [-0.15, -0.1) is 0 Å². The summed E-state index contributed by atoms with van der Waals surface area (Å²) >= 11 is 0. The monoisotopic (exact) mass is 242 g/mol. The van der Waals surface area contributed by atoms with Gasteiger partial charge in [0.1, 0.15) is 0 Å². The molecule has 0 aliphatic carbocycles. The maximum absolute atomic E-state index is 12.0. The van der Waals surface area contributed by atoms with Gasteiger partial charge in [0, 0.05) is 33.1 Å². The van der Waals surface area contributed by atoms with Crippen molar-refractivity contribution in [3.05, 3.63) is 0 Å². The molecule has 0 saturated carbocycles. The number of carbonyl (C=O) groups excluding carboxylic acids is 1. The van der Waals surface area contributed by atoms with Gasteiger partial charge in [-0.25, -0.2) is 4.79 Å². The standard InChI is InChI=1S/C12H22N2O3/c1-13(8-6-7-11(15)16)12(17)14-9-4-2-3-5-10-14/h2-10H2,1H3,(H,15,16). The van der Waals surface area contributed by atoms with E-state index in [9.17, 15) is 9.59 Å². The predicted octanol–water partition coefficient (Wildman–Crippen LogP) is 1.78. The average Bonchev–Trinajstić information content (AvgIpc) is 2.55. The first-order valence-corrected chi connectivity index (χ1v) is 6.33. The van der Waals surface area contributed by atoms with Gasteiger partial charge in [-0.1, -0.05) is 12.8 Å². The molecule has 0 aromatic heterocycles. The Balaban J connectivity index is 2.31. The molecule has 5 heteroatoms. The van der Waals surface area contributed by atoms with Crippen molar-refractivity contribution in [3.8, 4) is 0 Å². The van der Waals surface area contributed by atoms with Crippen LogP contribution in [0.25, 0.3) is 0 Å². The molecule has 1 aliphatic heterocycles. The highest BCUT2D eigenvalue weighted by Gasteiger charge is 2.18. The molecule has 1 N–H and O–H groups in total. The van der Waals surface area contributed by atoms with E-state index in [0.717, 1.165) is 25.9 Å². The van der Waals surface area contributed by atoms with Gasteiger partial charge in [0.15, 0.2) is 0 Å². The highest BCUT2D eigenvalue weighted by molar-refractivity contribution is 5.74. The van der Waals surface area contributed by atoms with Crippen LogP contribution in [0.3, 0.4) is 0 Å². The highest BCUT2D eigenvalue weighted by Crippen LogP contribution is 2.11. The fraction of sp³-hybridized carbons (Fsp3) is 0.833. The van der Waals surface area contributed by atoms with Crippen LogP contribution in [0.15, 0.2) is 0 Å². The number of nitrogens with zero attached hydrogens (tertiary/aromatic N) is 2. The van der Waals surface area contributed by atoms with E-state index < -0.39 is 5.97 Å². The third-order valence-corrected chi connectivity index (χ3v) is 3.09. The van der Waals surface area contributed by atoms with Crippen molar-refractivity contribution in [2.24, 2.45) is 0 Å². The third kappa shape index (κ3) is 5.06. The number of hydrogen-bond donors (Lipinski definition) is 1. The lowest BCUT2D eigenvalue weighted by Gasteiger charge is -2.26. The Hall–Kier alpha value is -1.26. The minimum Gasteiger partial charge on any atom is -0.481 e. The van der Waals surface area contributed by atoms with E-state index in [2.05, 4.69) is 0 Å². The van der Waals surface area contributed by atoms with Crippen LogP contribution in [-0.2, 0) is 4.79 Å². The Morgan fingerprint density at radius 2 is 1.76 bits per heavy atom. The number of rotatable bonds is 4. The zero-order valence-corrected chi connectivity index (χ0v) is 10.5. The molecule has 98 valence electrons. The Labute approximate surface area is 102 Å². The van der Waals surface area contributed by atoms with Crippen LogP contribution in [0.2, 0.25) is 0 Å². The Kier molecular flexibility index (Phi) is 5.80. The summed E-state index contributed by atoms with van der Waals surface area (Å²) in [4.78, 5) is 25.9. The lowest BCUT2D eigenvalue weighted by atomic mass is 10.2. The van der Waals surface area contributed by atoms with Crippen molar-refractivity contribution in [3.63, 3.8) is 0 Å². The first-order chi connectivity index (χ1) is 8.11. The zero-order chi connectivity index (χ0) is 12.7. The van der Waals surface area contributed by atoms with Crippen molar-refractivity contribution in [1.29, 1.82) is 0 Å². The van der Waals surface area contributed by atoms with Crippen LogP contribution in [0, 0.1) is 0 Å². The van der Waals surface area contributed by atoms with Gasteiger partial charge in [0.05, 0.1) is 0 Å². The molecule has 0 aromatic rings. The minimum atomic E-state index is -0.805. The summed E-state index contributed by atoms with van der Waals surface area (Å²) in [6.45, 7) is 2.19. The van der Waals surface area contributed by atoms with Gasteiger partial charge in [-0.2, -0.15) is 0 Å². The molecule has 0 aromatic carbocycles. The Morgan fingerprint density at radius 3 is 2.29 bits per heavy atom. The molecule has 2 amide bonds. The van der Waals surface area contributed by atoms with E-state index >= 15 is 0 Å². The fourth-order valence-electron chi connectivity index (χ4n) is 2.07. The number of carboxylic acids is 1. The smallest absolute Gasteiger partial charge is 0.319 e. The second-order valence-electron chi connectivity index (χ2n) is 4.60. The van der Waals surface area contributed by atoms with Crippen LogP contribution in [-0.4, -0.2) is 53.6 Å². The van der Waals surface area contributed by atoms with Crippen molar-refractivity contribution in [1.82, 2.24) is 9.80 Å². The van der Waals surface area contributed by atoms with Crippen LogP contribution >= 0.6 is 0 Å². The molecule has 0 radical (unpaired) electrons. The molecule has 5 nitrogen and oxygen atoms in total. The first kappa shape index (κ1) is 13.8. The summed E-state index contributed by atoms with van der Waals surface area (Å²) in [6, 6.07) is 0.0392. The molecular weight excluding hydrogens is 220 g/mol. The summed E-state index contributed by atoms with van der Waals surface area (Å²) in [5.74, 6) is -0.805. The first-order valence-electron chi connectivity index (χ1n) is 6.33. The van der Waals surface area contributed by atoms with Gasteiger partial charge in [0.25, 0.3) is 0 Å². The molecule has 0 unspecified atom stereocenters. The lowest BCUT2D eigenvalue weighted by molar-refractivity contribution is -0.137. The topological polar surface area (TPSA) is 60.9 Å². The molecule has 1 heterocycles. The molecule has 1 saturated heterocycles. The van der Waals surface area contributed by atoms with Gasteiger partial charge in [0.2, 0.25) is 0 Å². The van der Waals surface area contributed by atoms with Gasteiger partial charge < -0.3 is 14.9 Å². The molecule has 0 spiro atoms. The molecule has 0 atom stereocenters. The fourth-order valence-corrected chi connectivity index (χ4v) is 2.07. The molecule has 1 fully saturated rings. The summed E-state index contributed by atoms with van der Waals surface area (Å²) in [6.07, 6.45) is 5.20. The SMILES string of the molecule is CN(CCCC(=O)O)C(=O)N1CCCCCC1. The minimum absolute atomic E-state index is 0.0392. The summed E-state index contributed by atoms with van der Waals surface area (Å²) in [7, 11) is 1.75. The van der Waals surface area contributed by atoms with Gasteiger partial charge in [-0.3, -0.25) is 4.79 Å². The van der Waals surface area contributed by atoms with E-state index in [0.29, 0.717) is 13.0 Å². The quantitative estimate of drug-likeness (QED) is 0.817. The van der Waals surface area contributed by atoms with Crippen molar-refractivity contribution in [2.75, 3.05) is 26.7 Å². The molecule has 1 aliphatic rings. The van der Waals surface area contributed by atoms with Crippen molar-refractivity contribution >= 4 is 12.0 Å². The number of likely N-dealkylation sites (tertiary alicyclic amines) is 1. The van der Waals surface area contributed by atoms with Crippen LogP contribution in [0.1, 0.15) is 38.5 Å². The number of carboxylic acid groups (broad SMARTS) is 1. The van der Waals surface area contributed by atoms with E-state index in [1.807, 2.05) is 4.90 Å². The molecular formula is C12H22N2O3. The molecule has 1 rings (SSSR count). The zero-order valence-electron chi connectivity index (χ0n) is 10.5. The second kappa shape index (κ2) is 7.14. The maximum Gasteiger partial charge on any atom is 0.319 e. The number of hydrogen-bond acceptors (Lipinski definition) is 2. The Bertz CT molecular complexity index is 260. The third-order valence-electron chi connectivity index (χ3n) is 3.09. The van der Waals surface area contributed by atoms with E-state index in [1.165, 1.54) is 12.8 Å². The van der Waals surface area contributed by atoms with Gasteiger partial charge >= 0.3 is 12.0 Å². The number of aliphatic carboxylic acids is 1. The molecule has 0 bridgehead atoms. The van der Waals surface area contributed by atoms with Crippen LogP contribution in [0.4, 0.5) is 4.79 Å². The van der Waals surface area contributed by atoms with Gasteiger partial charge in [-0.05, 0) is 19.3 Å². The summed E-state index contributed by atoms with van der Waals surface area (Å²) in [5.41, 5.74) is 0.